The topological polar surface area (TPSA) is 99.6 Å². The summed E-state index contributed by atoms with van der Waals surface area (Å²) in [5.41, 5.74) is 0.578. The van der Waals surface area contributed by atoms with Crippen LogP contribution in [-0.4, -0.2) is 31.5 Å². The number of hydrogen-bond acceptors (Lipinski definition) is 5. The second kappa shape index (κ2) is 8.46. The molecule has 0 spiro atoms. The maximum Gasteiger partial charge on any atom is 0.339 e. The first-order valence-corrected chi connectivity index (χ1v) is 10.1. The third-order valence-electron chi connectivity index (χ3n) is 4.17. The van der Waals surface area contributed by atoms with Crippen LogP contribution in [0.3, 0.4) is 0 Å². The summed E-state index contributed by atoms with van der Waals surface area (Å²) in [6, 6.07) is 12.5. The second-order valence-corrected chi connectivity index (χ2v) is 8.11. The summed E-state index contributed by atoms with van der Waals surface area (Å²) in [6.07, 6.45) is 1.15. The Hall–Kier alpha value is -3.53. The van der Waals surface area contributed by atoms with E-state index in [2.05, 4.69) is 9.71 Å². The Labute approximate surface area is 171 Å². The molecule has 2 aromatic carbocycles. The van der Waals surface area contributed by atoms with Gasteiger partial charge in [0.2, 0.25) is 0 Å². The van der Waals surface area contributed by atoms with Gasteiger partial charge in [-0.1, -0.05) is 30.3 Å². The number of carboxylic acid groups (broad SMARTS) is 1. The van der Waals surface area contributed by atoms with E-state index in [1.165, 1.54) is 0 Å². The molecule has 10 heteroatoms. The Kier molecular flexibility index (Phi) is 5.97. The number of nitrogens with one attached hydrogen (secondary N) is 1. The lowest BCUT2D eigenvalue weighted by Crippen LogP contribution is -2.21. The SMILES string of the molecule is CN(Cc1ccccc1)c1ncc(NS(=O)(=O)c2ccc(F)c(F)c2)cc1C(=O)O. The zero-order valence-corrected chi connectivity index (χ0v) is 16.5. The first kappa shape index (κ1) is 21.2. The van der Waals surface area contributed by atoms with E-state index in [1.807, 2.05) is 30.3 Å². The molecular weight excluding hydrogens is 416 g/mol. The Bertz CT molecular complexity index is 1190. The number of anilines is 2. The van der Waals surface area contributed by atoms with E-state index in [9.17, 15) is 27.1 Å². The lowest BCUT2D eigenvalue weighted by atomic mass is 10.2. The van der Waals surface area contributed by atoms with Crippen molar-refractivity contribution in [2.75, 3.05) is 16.7 Å². The predicted molar refractivity (Wildman–Crippen MR) is 107 cm³/mol. The third-order valence-corrected chi connectivity index (χ3v) is 5.55. The van der Waals surface area contributed by atoms with Gasteiger partial charge in [-0.15, -0.1) is 0 Å². The Morgan fingerprint density at radius 2 is 1.80 bits per heavy atom. The molecule has 2 N–H and O–H groups in total. The van der Waals surface area contributed by atoms with Crippen molar-refractivity contribution in [2.24, 2.45) is 0 Å². The van der Waals surface area contributed by atoms with E-state index >= 15 is 0 Å². The molecule has 7 nitrogen and oxygen atoms in total. The fourth-order valence-corrected chi connectivity index (χ4v) is 3.81. The highest BCUT2D eigenvalue weighted by atomic mass is 32.2. The molecule has 0 saturated heterocycles. The van der Waals surface area contributed by atoms with Crippen molar-refractivity contribution in [1.29, 1.82) is 0 Å². The summed E-state index contributed by atoms with van der Waals surface area (Å²) in [6.45, 7) is 0.383. The van der Waals surface area contributed by atoms with Crippen LogP contribution in [0.15, 0.2) is 65.7 Å². The highest BCUT2D eigenvalue weighted by Gasteiger charge is 2.20. The van der Waals surface area contributed by atoms with Gasteiger partial charge in [-0.3, -0.25) is 4.72 Å². The van der Waals surface area contributed by atoms with E-state index in [1.54, 1.807) is 11.9 Å². The van der Waals surface area contributed by atoms with Gasteiger partial charge < -0.3 is 10.0 Å². The van der Waals surface area contributed by atoms with Gasteiger partial charge in [0.15, 0.2) is 11.6 Å². The summed E-state index contributed by atoms with van der Waals surface area (Å²) in [5.74, 6) is -3.66. The average molecular weight is 433 g/mol. The average Bonchev–Trinajstić information content (AvgIpc) is 2.70. The fourth-order valence-electron chi connectivity index (χ4n) is 2.77. The second-order valence-electron chi connectivity index (χ2n) is 6.42. The van der Waals surface area contributed by atoms with Crippen molar-refractivity contribution in [3.05, 3.63) is 83.6 Å². The molecule has 1 aromatic heterocycles. The van der Waals surface area contributed by atoms with E-state index in [0.717, 1.165) is 23.9 Å². The van der Waals surface area contributed by atoms with Gasteiger partial charge >= 0.3 is 5.97 Å². The molecule has 3 rings (SSSR count). The van der Waals surface area contributed by atoms with E-state index in [0.29, 0.717) is 18.7 Å². The number of nitrogens with zero attached hydrogens (tertiary/aromatic N) is 2. The Morgan fingerprint density at radius 1 is 1.10 bits per heavy atom. The zero-order chi connectivity index (χ0) is 21.9. The lowest BCUT2D eigenvalue weighted by Gasteiger charge is -2.20. The van der Waals surface area contributed by atoms with Crippen LogP contribution in [0.5, 0.6) is 0 Å². The molecule has 0 radical (unpaired) electrons. The van der Waals surface area contributed by atoms with Crippen molar-refractivity contribution in [3.8, 4) is 0 Å². The molecule has 156 valence electrons. The maximum absolute atomic E-state index is 13.4. The molecule has 0 unspecified atom stereocenters. The molecule has 0 aliphatic rings. The number of carboxylic acids is 1. The number of sulfonamides is 1. The van der Waals surface area contributed by atoms with Gasteiger partial charge in [0, 0.05) is 13.6 Å². The smallest absolute Gasteiger partial charge is 0.339 e. The van der Waals surface area contributed by atoms with Crippen LogP contribution in [0.1, 0.15) is 15.9 Å². The summed E-state index contributed by atoms with van der Waals surface area (Å²) >= 11 is 0. The minimum Gasteiger partial charge on any atom is -0.478 e. The van der Waals surface area contributed by atoms with Gasteiger partial charge in [0.25, 0.3) is 10.0 Å². The monoisotopic (exact) mass is 433 g/mol. The molecule has 0 aliphatic carbocycles. The van der Waals surface area contributed by atoms with Gasteiger partial charge in [-0.05, 0) is 29.8 Å². The zero-order valence-electron chi connectivity index (χ0n) is 15.7. The highest BCUT2D eigenvalue weighted by Crippen LogP contribution is 2.24. The standard InChI is InChI=1S/C20H17F2N3O4S/c1-25(12-13-5-3-2-4-6-13)19-16(20(26)27)9-14(11-23-19)24-30(28,29)15-7-8-17(21)18(22)10-15/h2-11,24H,12H2,1H3,(H,26,27). The molecule has 0 saturated carbocycles. The quantitative estimate of drug-likeness (QED) is 0.592. The molecule has 0 bridgehead atoms. The molecule has 0 atom stereocenters. The van der Waals surface area contributed by atoms with Crippen molar-refractivity contribution in [3.63, 3.8) is 0 Å². The first-order valence-electron chi connectivity index (χ1n) is 8.63. The molecule has 0 aliphatic heterocycles. The van der Waals surface area contributed by atoms with Crippen LogP contribution in [0.2, 0.25) is 0 Å². The van der Waals surface area contributed by atoms with Crippen molar-refractivity contribution in [1.82, 2.24) is 4.98 Å². The van der Waals surface area contributed by atoms with Crippen molar-refractivity contribution in [2.45, 2.75) is 11.4 Å². The Balaban J connectivity index is 1.89. The van der Waals surface area contributed by atoms with Gasteiger partial charge in [0.05, 0.1) is 16.8 Å². The number of hydrogen-bond donors (Lipinski definition) is 2. The minimum atomic E-state index is -4.28. The third kappa shape index (κ3) is 4.71. The summed E-state index contributed by atoms with van der Waals surface area (Å²) in [7, 11) is -2.62. The number of carbonyl (C=O) groups is 1. The molecular formula is C20H17F2N3O4S. The summed E-state index contributed by atoms with van der Waals surface area (Å²) in [4.78, 5) is 16.9. The minimum absolute atomic E-state index is 0.131. The van der Waals surface area contributed by atoms with E-state index in [-0.39, 0.29) is 17.1 Å². The number of halogens is 2. The van der Waals surface area contributed by atoms with Crippen LogP contribution in [0.4, 0.5) is 20.3 Å². The molecule has 0 amide bonds. The van der Waals surface area contributed by atoms with E-state index < -0.39 is 32.5 Å². The molecule has 3 aromatic rings. The van der Waals surface area contributed by atoms with Crippen LogP contribution in [0.25, 0.3) is 0 Å². The fraction of sp³-hybridized carbons (Fsp3) is 0.100. The van der Waals surface area contributed by atoms with Crippen LogP contribution in [-0.2, 0) is 16.6 Å². The summed E-state index contributed by atoms with van der Waals surface area (Å²) in [5, 5.41) is 9.55. The number of rotatable bonds is 7. The van der Waals surface area contributed by atoms with Crippen LogP contribution in [0, 0.1) is 11.6 Å². The molecule has 1 heterocycles. The molecule has 30 heavy (non-hydrogen) atoms. The lowest BCUT2D eigenvalue weighted by molar-refractivity contribution is 0.0697. The van der Waals surface area contributed by atoms with Crippen LogP contribution < -0.4 is 9.62 Å². The van der Waals surface area contributed by atoms with Crippen LogP contribution >= 0.6 is 0 Å². The maximum atomic E-state index is 13.4. The first-order chi connectivity index (χ1) is 14.2. The number of pyridine rings is 1. The number of aromatic carboxylic acids is 1. The van der Waals surface area contributed by atoms with Gasteiger partial charge in [0.1, 0.15) is 11.4 Å². The summed E-state index contributed by atoms with van der Waals surface area (Å²) < 4.78 is 53.4. The number of aromatic nitrogens is 1. The Morgan fingerprint density at radius 3 is 2.43 bits per heavy atom. The molecule has 0 fully saturated rings. The number of benzene rings is 2. The largest absolute Gasteiger partial charge is 0.478 e. The van der Waals surface area contributed by atoms with Crippen molar-refractivity contribution >= 4 is 27.5 Å². The van der Waals surface area contributed by atoms with Gasteiger partial charge in [-0.2, -0.15) is 0 Å². The van der Waals surface area contributed by atoms with Gasteiger partial charge in [-0.25, -0.2) is 27.0 Å². The van der Waals surface area contributed by atoms with E-state index in [4.69, 9.17) is 0 Å². The predicted octanol–water partition coefficient (Wildman–Crippen LogP) is 3.50. The highest BCUT2D eigenvalue weighted by molar-refractivity contribution is 7.92. The van der Waals surface area contributed by atoms with Crippen molar-refractivity contribution < 1.29 is 27.1 Å². The normalized spacial score (nSPS) is 11.2.